The van der Waals surface area contributed by atoms with Gasteiger partial charge in [0.05, 0.1) is 11.9 Å². The van der Waals surface area contributed by atoms with Crippen molar-refractivity contribution in [2.24, 2.45) is 0 Å². The van der Waals surface area contributed by atoms with Gasteiger partial charge < -0.3 is 9.76 Å². The van der Waals surface area contributed by atoms with E-state index in [-0.39, 0.29) is 0 Å². The largest absolute Gasteiger partial charge is 0.593 e. The Morgan fingerprint density at radius 2 is 1.92 bits per heavy atom. The summed E-state index contributed by atoms with van der Waals surface area (Å²) in [5.41, 5.74) is 0. The van der Waals surface area contributed by atoms with Crippen molar-refractivity contribution in [2.75, 3.05) is 0 Å². The molecule has 0 rings (SSSR count). The number of nitrogens with zero attached hydrogens (tertiary/aromatic N) is 2. The van der Waals surface area contributed by atoms with E-state index in [1.165, 1.54) is 0 Å². The van der Waals surface area contributed by atoms with Gasteiger partial charge in [0.25, 0.3) is 0 Å². The van der Waals surface area contributed by atoms with Crippen molar-refractivity contribution in [3.8, 4) is 11.9 Å². The summed E-state index contributed by atoms with van der Waals surface area (Å²) in [6.45, 7) is -1.93. The first kappa shape index (κ1) is 10.3. The molecule has 0 unspecified atom stereocenters. The van der Waals surface area contributed by atoms with Gasteiger partial charge in [0.1, 0.15) is 0 Å². The molecule has 5 nitrogen and oxygen atoms in total. The van der Waals surface area contributed by atoms with E-state index in [9.17, 15) is 13.6 Å². The molecule has 0 aromatic carbocycles. The number of rotatable bonds is 2. The fourth-order valence-electron chi connectivity index (χ4n) is 0.260. The summed E-state index contributed by atoms with van der Waals surface area (Å²) in [6, 6.07) is 0. The molecule has 0 atom stereocenters. The van der Waals surface area contributed by atoms with Crippen LogP contribution < -0.4 is 0 Å². The van der Waals surface area contributed by atoms with E-state index in [1.54, 1.807) is 0 Å². The summed E-state index contributed by atoms with van der Waals surface area (Å²) in [5, 5.41) is 23.6. The van der Waals surface area contributed by atoms with Crippen molar-refractivity contribution < 1.29 is 23.3 Å². The second-order valence-corrected chi connectivity index (χ2v) is 1.58. The SMILES string of the molecule is N#CB(C#N)OC(=O)C(O)(F)F. The molecule has 0 aliphatic rings. The summed E-state index contributed by atoms with van der Waals surface area (Å²) < 4.78 is 26.8. The van der Waals surface area contributed by atoms with Crippen LogP contribution in [0.1, 0.15) is 0 Å². The standard InChI is InChI=1S/C4HBF2N2O3/c6-4(7,11)3(10)12-5(1-8)2-9/h11H. The summed E-state index contributed by atoms with van der Waals surface area (Å²) >= 11 is 0. The number of hydrogen-bond acceptors (Lipinski definition) is 5. The van der Waals surface area contributed by atoms with Crippen molar-refractivity contribution in [1.29, 1.82) is 10.5 Å². The number of aliphatic hydroxyl groups is 1. The second kappa shape index (κ2) is 3.65. The van der Waals surface area contributed by atoms with Crippen molar-refractivity contribution >= 4 is 12.9 Å². The highest BCUT2D eigenvalue weighted by atomic mass is 19.3. The fraction of sp³-hybridized carbons (Fsp3) is 0.250. The molecule has 0 heterocycles. The Hall–Kier alpha value is -1.67. The van der Waals surface area contributed by atoms with Gasteiger partial charge in [-0.1, -0.05) is 0 Å². The lowest BCUT2D eigenvalue weighted by atomic mass is 9.73. The van der Waals surface area contributed by atoms with Gasteiger partial charge in [-0.15, -0.1) is 0 Å². The molecule has 0 fully saturated rings. The van der Waals surface area contributed by atoms with Crippen LogP contribution in [0.15, 0.2) is 0 Å². The first-order valence-electron chi connectivity index (χ1n) is 2.52. The van der Waals surface area contributed by atoms with Gasteiger partial charge in [-0.2, -0.15) is 8.78 Å². The molecule has 1 N–H and O–H groups in total. The molecule has 12 heavy (non-hydrogen) atoms. The molecule has 0 amide bonds. The maximum Gasteiger partial charge on any atom is 0.593 e. The maximum atomic E-state index is 11.6. The highest BCUT2D eigenvalue weighted by Crippen LogP contribution is 2.10. The van der Waals surface area contributed by atoms with Crippen LogP contribution in [0.5, 0.6) is 0 Å². The number of alkyl halides is 2. The zero-order chi connectivity index (χ0) is 9.78. The van der Waals surface area contributed by atoms with Crippen LogP contribution >= 0.6 is 0 Å². The second-order valence-electron chi connectivity index (χ2n) is 1.58. The van der Waals surface area contributed by atoms with Crippen molar-refractivity contribution in [2.45, 2.75) is 6.11 Å². The summed E-state index contributed by atoms with van der Waals surface area (Å²) in [5.74, 6) is -0.111. The van der Waals surface area contributed by atoms with Gasteiger partial charge >= 0.3 is 19.0 Å². The lowest BCUT2D eigenvalue weighted by Crippen LogP contribution is -2.34. The Balaban J connectivity index is 4.23. The molecular weight excluding hydrogens is 173 g/mol. The molecule has 0 saturated carbocycles. The van der Waals surface area contributed by atoms with Crippen molar-refractivity contribution in [1.82, 2.24) is 0 Å². The average molecular weight is 174 g/mol. The minimum Gasteiger partial charge on any atom is -0.503 e. The predicted molar refractivity (Wildman–Crippen MR) is 30.2 cm³/mol. The number of halogens is 2. The van der Waals surface area contributed by atoms with Gasteiger partial charge in [-0.05, 0) is 0 Å². The van der Waals surface area contributed by atoms with Crippen LogP contribution in [0.25, 0.3) is 0 Å². The maximum absolute atomic E-state index is 11.6. The Morgan fingerprint density at radius 3 is 2.17 bits per heavy atom. The van der Waals surface area contributed by atoms with E-state index in [0.29, 0.717) is 0 Å². The van der Waals surface area contributed by atoms with Crippen molar-refractivity contribution in [3.05, 3.63) is 0 Å². The average Bonchev–Trinajstić information content (AvgIpc) is 1.97. The van der Waals surface area contributed by atoms with Gasteiger partial charge in [-0.3, -0.25) is 0 Å². The molecular formula is C4HBF2N2O3. The first-order chi connectivity index (χ1) is 5.41. The molecule has 0 radical (unpaired) electrons. The topological polar surface area (TPSA) is 94.1 Å². The lowest BCUT2D eigenvalue weighted by molar-refractivity contribution is -0.219. The van der Waals surface area contributed by atoms with Gasteiger partial charge in [0, 0.05) is 0 Å². The predicted octanol–water partition coefficient (Wildman–Crippen LogP) is -0.768. The van der Waals surface area contributed by atoms with E-state index >= 15 is 0 Å². The van der Waals surface area contributed by atoms with Crippen LogP contribution in [0, 0.1) is 22.5 Å². The number of carbonyl (C=O) groups is 1. The third-order valence-electron chi connectivity index (χ3n) is 0.705. The highest BCUT2D eigenvalue weighted by molar-refractivity contribution is 6.69. The molecule has 0 aromatic rings. The Labute approximate surface area is 65.9 Å². The molecule has 62 valence electrons. The van der Waals surface area contributed by atoms with Crippen LogP contribution in [0.3, 0.4) is 0 Å². The molecule has 0 aliphatic carbocycles. The van der Waals surface area contributed by atoms with Crippen LogP contribution in [0.4, 0.5) is 8.78 Å². The lowest BCUT2D eigenvalue weighted by Gasteiger charge is -2.06. The Bertz CT molecular complexity index is 249. The minimum absolute atomic E-state index is 1.11. The zero-order valence-corrected chi connectivity index (χ0v) is 5.49. The molecule has 8 heteroatoms. The molecule has 0 saturated heterocycles. The zero-order valence-electron chi connectivity index (χ0n) is 5.49. The van der Waals surface area contributed by atoms with Gasteiger partial charge in [0.2, 0.25) is 0 Å². The number of nitriles is 2. The van der Waals surface area contributed by atoms with Crippen LogP contribution in [0.2, 0.25) is 0 Å². The van der Waals surface area contributed by atoms with Crippen LogP contribution in [-0.2, 0) is 9.45 Å². The van der Waals surface area contributed by atoms with E-state index < -0.39 is 19.0 Å². The van der Waals surface area contributed by atoms with E-state index in [2.05, 4.69) is 4.65 Å². The molecule has 0 aromatic heterocycles. The van der Waals surface area contributed by atoms with Gasteiger partial charge in [-0.25, -0.2) is 15.3 Å². The Morgan fingerprint density at radius 1 is 1.50 bits per heavy atom. The quantitative estimate of drug-likeness (QED) is 0.554. The fourth-order valence-corrected chi connectivity index (χ4v) is 0.260. The van der Waals surface area contributed by atoms with E-state index in [0.717, 1.165) is 11.9 Å². The highest BCUT2D eigenvalue weighted by Gasteiger charge is 2.40. The number of hydrogen-bond donors (Lipinski definition) is 1. The minimum atomic E-state index is -4.67. The summed E-state index contributed by atoms with van der Waals surface area (Å²) in [6.07, 6.45) is -4.67. The molecule has 0 aliphatic heterocycles. The van der Waals surface area contributed by atoms with Crippen LogP contribution in [-0.4, -0.2) is 24.1 Å². The summed E-state index contributed by atoms with van der Waals surface area (Å²) in [4.78, 5) is 10.1. The normalized spacial score (nSPS) is 9.42. The third kappa shape index (κ3) is 2.95. The number of carbonyl (C=O) groups excluding carboxylic acids is 1. The third-order valence-corrected chi connectivity index (χ3v) is 0.705. The monoisotopic (exact) mass is 174 g/mol. The van der Waals surface area contributed by atoms with Crippen molar-refractivity contribution in [3.63, 3.8) is 0 Å². The smallest absolute Gasteiger partial charge is 0.503 e. The van der Waals surface area contributed by atoms with E-state index in [1.807, 2.05) is 0 Å². The van der Waals surface area contributed by atoms with Gasteiger partial charge in [0.15, 0.2) is 0 Å². The molecule has 0 bridgehead atoms. The summed E-state index contributed by atoms with van der Waals surface area (Å²) in [7, 11) is 0. The Kier molecular flexibility index (Phi) is 3.14. The van der Waals surface area contributed by atoms with E-state index in [4.69, 9.17) is 15.6 Å². The first-order valence-corrected chi connectivity index (χ1v) is 2.52. The molecule has 0 spiro atoms.